The first kappa shape index (κ1) is 16.2. The normalized spacial score (nSPS) is 11.1. The zero-order chi connectivity index (χ0) is 18.3. The number of carbonyl (C=O) groups is 1. The SMILES string of the molecule is CCOC(=O)Oc1c[nH]c2c(=O)[nH]c3ccc(-c4csc(N)n4)cc3c12. The Morgan fingerprint density at radius 3 is 2.96 bits per heavy atom. The fraction of sp³-hybridized carbons (Fsp3) is 0.118. The van der Waals surface area contributed by atoms with Crippen molar-refractivity contribution in [1.29, 1.82) is 0 Å². The number of nitrogens with one attached hydrogen (secondary N) is 2. The van der Waals surface area contributed by atoms with Crippen molar-refractivity contribution in [2.75, 3.05) is 12.3 Å². The van der Waals surface area contributed by atoms with Crippen molar-refractivity contribution >= 4 is 44.4 Å². The predicted molar refractivity (Wildman–Crippen MR) is 99.6 cm³/mol. The molecule has 0 aliphatic rings. The Bertz CT molecular complexity index is 1190. The lowest BCUT2D eigenvalue weighted by molar-refractivity contribution is 0.105. The number of nitrogens with two attached hydrogens (primary N) is 1. The van der Waals surface area contributed by atoms with Crippen LogP contribution in [0.4, 0.5) is 9.93 Å². The molecule has 0 unspecified atom stereocenters. The van der Waals surface area contributed by atoms with E-state index in [9.17, 15) is 9.59 Å². The molecule has 4 aromatic rings. The molecule has 0 aliphatic carbocycles. The monoisotopic (exact) mass is 370 g/mol. The summed E-state index contributed by atoms with van der Waals surface area (Å²) in [7, 11) is 0. The van der Waals surface area contributed by atoms with E-state index in [4.69, 9.17) is 15.2 Å². The highest BCUT2D eigenvalue weighted by Crippen LogP contribution is 2.33. The van der Waals surface area contributed by atoms with Crippen LogP contribution in [0, 0.1) is 0 Å². The van der Waals surface area contributed by atoms with E-state index in [1.165, 1.54) is 17.5 Å². The summed E-state index contributed by atoms with van der Waals surface area (Å²) < 4.78 is 10.1. The molecule has 0 saturated carbocycles. The maximum absolute atomic E-state index is 12.3. The summed E-state index contributed by atoms with van der Waals surface area (Å²) in [4.78, 5) is 33.9. The summed E-state index contributed by atoms with van der Waals surface area (Å²) in [6.45, 7) is 1.88. The Kier molecular flexibility index (Phi) is 3.85. The second kappa shape index (κ2) is 6.19. The number of aromatic nitrogens is 3. The zero-order valence-electron chi connectivity index (χ0n) is 13.7. The molecule has 26 heavy (non-hydrogen) atoms. The lowest BCUT2D eigenvalue weighted by Crippen LogP contribution is -2.10. The van der Waals surface area contributed by atoms with Gasteiger partial charge in [-0.25, -0.2) is 9.78 Å². The molecule has 0 radical (unpaired) electrons. The first-order valence-electron chi connectivity index (χ1n) is 7.80. The first-order valence-corrected chi connectivity index (χ1v) is 8.68. The molecule has 0 amide bonds. The van der Waals surface area contributed by atoms with Gasteiger partial charge in [0, 0.05) is 28.0 Å². The van der Waals surface area contributed by atoms with Crippen molar-refractivity contribution < 1.29 is 14.3 Å². The number of rotatable bonds is 3. The molecule has 3 aromatic heterocycles. The number of benzene rings is 1. The van der Waals surface area contributed by atoms with Crippen molar-refractivity contribution in [3.63, 3.8) is 0 Å². The molecule has 4 rings (SSSR count). The van der Waals surface area contributed by atoms with Gasteiger partial charge >= 0.3 is 6.16 Å². The molecule has 0 atom stereocenters. The minimum atomic E-state index is -0.828. The molecule has 9 heteroatoms. The van der Waals surface area contributed by atoms with Gasteiger partial charge < -0.3 is 25.2 Å². The van der Waals surface area contributed by atoms with Crippen LogP contribution in [-0.2, 0) is 4.74 Å². The number of nitrogens with zero attached hydrogens (tertiary/aromatic N) is 1. The standard InChI is InChI=1S/C17H14N4O4S/c1-2-24-17(23)25-12-6-19-14-13(12)9-5-8(11-7-26-16(18)21-11)3-4-10(9)20-15(14)22/h3-7,19H,2H2,1H3,(H2,18,21)(H,20,22). The van der Waals surface area contributed by atoms with Crippen LogP contribution in [0.2, 0.25) is 0 Å². The van der Waals surface area contributed by atoms with E-state index in [-0.39, 0.29) is 17.9 Å². The Morgan fingerprint density at radius 1 is 1.38 bits per heavy atom. The number of hydrogen-bond donors (Lipinski definition) is 3. The van der Waals surface area contributed by atoms with Crippen molar-refractivity contribution in [3.8, 4) is 17.0 Å². The molecule has 4 N–H and O–H groups in total. The number of pyridine rings is 1. The summed E-state index contributed by atoms with van der Waals surface area (Å²) in [6, 6.07) is 5.49. The predicted octanol–water partition coefficient (Wildman–Crippen LogP) is 3.25. The van der Waals surface area contributed by atoms with Crippen LogP contribution < -0.4 is 16.0 Å². The third-order valence-electron chi connectivity index (χ3n) is 3.88. The van der Waals surface area contributed by atoms with E-state index in [0.717, 1.165) is 11.3 Å². The van der Waals surface area contributed by atoms with Gasteiger partial charge in [-0.3, -0.25) is 4.79 Å². The van der Waals surface area contributed by atoms with Gasteiger partial charge in [-0.05, 0) is 19.1 Å². The highest BCUT2D eigenvalue weighted by molar-refractivity contribution is 7.13. The number of fused-ring (bicyclic) bond motifs is 3. The Labute approximate surface area is 150 Å². The largest absolute Gasteiger partial charge is 0.513 e. The molecule has 0 bridgehead atoms. The molecular weight excluding hydrogens is 356 g/mol. The molecule has 8 nitrogen and oxygen atoms in total. The summed E-state index contributed by atoms with van der Waals surface area (Å²) in [5.41, 5.74) is 7.90. The first-order chi connectivity index (χ1) is 12.6. The number of ether oxygens (including phenoxy) is 2. The topological polar surface area (TPSA) is 123 Å². The maximum Gasteiger partial charge on any atom is 0.513 e. The third kappa shape index (κ3) is 2.68. The van der Waals surface area contributed by atoms with Crippen molar-refractivity contribution in [1.82, 2.24) is 15.0 Å². The maximum atomic E-state index is 12.3. The molecule has 0 spiro atoms. The van der Waals surface area contributed by atoms with Gasteiger partial charge in [0.15, 0.2) is 10.9 Å². The molecule has 0 fully saturated rings. The van der Waals surface area contributed by atoms with Gasteiger partial charge in [-0.2, -0.15) is 0 Å². The summed E-state index contributed by atoms with van der Waals surface area (Å²) in [6.07, 6.45) is 0.634. The molecule has 132 valence electrons. The Morgan fingerprint density at radius 2 is 2.23 bits per heavy atom. The third-order valence-corrected chi connectivity index (χ3v) is 4.56. The van der Waals surface area contributed by atoms with E-state index in [1.807, 2.05) is 17.5 Å². The van der Waals surface area contributed by atoms with Crippen molar-refractivity contribution in [2.45, 2.75) is 6.92 Å². The van der Waals surface area contributed by atoms with E-state index in [2.05, 4.69) is 15.0 Å². The minimum Gasteiger partial charge on any atom is -0.434 e. The molecule has 1 aromatic carbocycles. The fourth-order valence-corrected chi connectivity index (χ4v) is 3.37. The fourth-order valence-electron chi connectivity index (χ4n) is 2.79. The molecule has 3 heterocycles. The second-order valence-corrected chi connectivity index (χ2v) is 6.36. The lowest BCUT2D eigenvalue weighted by atomic mass is 10.1. The average Bonchev–Trinajstić information content (AvgIpc) is 3.22. The quantitative estimate of drug-likeness (QED) is 0.476. The van der Waals surface area contributed by atoms with Gasteiger partial charge in [0.25, 0.3) is 5.56 Å². The van der Waals surface area contributed by atoms with Crippen LogP contribution >= 0.6 is 11.3 Å². The average molecular weight is 370 g/mol. The van der Waals surface area contributed by atoms with E-state index in [1.54, 1.807) is 13.0 Å². The van der Waals surface area contributed by atoms with Crippen LogP contribution in [0.25, 0.3) is 33.1 Å². The summed E-state index contributed by atoms with van der Waals surface area (Å²) >= 11 is 1.35. The summed E-state index contributed by atoms with van der Waals surface area (Å²) in [5.74, 6) is 0.226. The second-order valence-electron chi connectivity index (χ2n) is 5.47. The van der Waals surface area contributed by atoms with Gasteiger partial charge in [-0.1, -0.05) is 6.07 Å². The van der Waals surface area contributed by atoms with Crippen LogP contribution in [0.15, 0.2) is 34.6 Å². The number of thiazole rings is 1. The van der Waals surface area contributed by atoms with Gasteiger partial charge in [0.2, 0.25) is 0 Å². The molecule has 0 saturated heterocycles. The van der Waals surface area contributed by atoms with Crippen LogP contribution in [0.5, 0.6) is 5.75 Å². The number of aromatic amines is 2. The number of H-pyrrole nitrogens is 2. The highest BCUT2D eigenvalue weighted by Gasteiger charge is 2.17. The Balaban J connectivity index is 1.94. The molecule has 0 aliphatic heterocycles. The number of hydrogen-bond acceptors (Lipinski definition) is 7. The smallest absolute Gasteiger partial charge is 0.434 e. The lowest BCUT2D eigenvalue weighted by Gasteiger charge is -2.06. The minimum absolute atomic E-state index is 0.192. The number of nitrogen functional groups attached to an aromatic ring is 1. The zero-order valence-corrected chi connectivity index (χ0v) is 14.5. The van der Waals surface area contributed by atoms with Crippen molar-refractivity contribution in [3.05, 3.63) is 40.1 Å². The van der Waals surface area contributed by atoms with E-state index in [0.29, 0.717) is 26.9 Å². The van der Waals surface area contributed by atoms with E-state index < -0.39 is 6.16 Å². The molecular formula is C17H14N4O4S. The van der Waals surface area contributed by atoms with Crippen molar-refractivity contribution in [2.24, 2.45) is 0 Å². The van der Waals surface area contributed by atoms with Crippen LogP contribution in [-0.4, -0.2) is 27.7 Å². The number of carbonyl (C=O) groups excluding carboxylic acids is 1. The van der Waals surface area contributed by atoms with E-state index >= 15 is 0 Å². The highest BCUT2D eigenvalue weighted by atomic mass is 32.1. The van der Waals surface area contributed by atoms with Gasteiger partial charge in [-0.15, -0.1) is 11.3 Å². The van der Waals surface area contributed by atoms with Crippen LogP contribution in [0.3, 0.4) is 0 Å². The van der Waals surface area contributed by atoms with Gasteiger partial charge in [0.05, 0.1) is 17.7 Å². The Hall–Kier alpha value is -3.33. The van der Waals surface area contributed by atoms with Gasteiger partial charge in [0.1, 0.15) is 5.52 Å². The van der Waals surface area contributed by atoms with Crippen LogP contribution in [0.1, 0.15) is 6.92 Å². The summed E-state index contributed by atoms with van der Waals surface area (Å²) in [5, 5.41) is 3.54. The number of anilines is 1.